The van der Waals surface area contributed by atoms with Crippen molar-refractivity contribution in [1.29, 1.82) is 0 Å². The third-order valence-corrected chi connectivity index (χ3v) is 6.44. The summed E-state index contributed by atoms with van der Waals surface area (Å²) in [4.78, 5) is 27.1. The summed E-state index contributed by atoms with van der Waals surface area (Å²) in [5, 5.41) is 4.40. The maximum Gasteiger partial charge on any atom is 0.226 e. The number of hydrogen-bond acceptors (Lipinski definition) is 5. The molecular formula is C25H29N5O. The monoisotopic (exact) mass is 415 g/mol. The first-order valence-corrected chi connectivity index (χ1v) is 11.3. The van der Waals surface area contributed by atoms with Gasteiger partial charge in [0, 0.05) is 56.1 Å². The van der Waals surface area contributed by atoms with Gasteiger partial charge in [-0.2, -0.15) is 0 Å². The minimum atomic E-state index is 0.117. The fourth-order valence-corrected chi connectivity index (χ4v) is 4.66. The summed E-state index contributed by atoms with van der Waals surface area (Å²) in [6, 6.07) is 16.7. The van der Waals surface area contributed by atoms with Gasteiger partial charge in [0.15, 0.2) is 0 Å². The molecular weight excluding hydrogens is 386 g/mol. The summed E-state index contributed by atoms with van der Waals surface area (Å²) in [7, 11) is 0. The van der Waals surface area contributed by atoms with E-state index in [0.29, 0.717) is 5.91 Å². The van der Waals surface area contributed by atoms with E-state index in [4.69, 9.17) is 9.97 Å². The average Bonchev–Trinajstić information content (AvgIpc) is 2.84. The predicted octanol–water partition coefficient (Wildman–Crippen LogP) is 3.25. The van der Waals surface area contributed by atoms with Crippen molar-refractivity contribution in [2.24, 2.45) is 5.92 Å². The molecule has 0 spiro atoms. The largest absolute Gasteiger partial charge is 0.341 e. The maximum atomic E-state index is 12.9. The van der Waals surface area contributed by atoms with Gasteiger partial charge in [0.2, 0.25) is 11.9 Å². The number of nitrogens with zero attached hydrogens (tertiary/aromatic N) is 4. The molecule has 0 atom stereocenters. The average molecular weight is 416 g/mol. The Morgan fingerprint density at radius 1 is 0.968 bits per heavy atom. The minimum absolute atomic E-state index is 0.117. The van der Waals surface area contributed by atoms with E-state index >= 15 is 0 Å². The van der Waals surface area contributed by atoms with Crippen LogP contribution < -0.4 is 10.2 Å². The first-order valence-electron chi connectivity index (χ1n) is 11.3. The van der Waals surface area contributed by atoms with Crippen molar-refractivity contribution in [1.82, 2.24) is 20.2 Å². The molecule has 2 aliphatic heterocycles. The number of nitrogens with one attached hydrogen (secondary N) is 1. The first kappa shape index (κ1) is 19.9. The van der Waals surface area contributed by atoms with E-state index < -0.39 is 0 Å². The van der Waals surface area contributed by atoms with Gasteiger partial charge in [-0.3, -0.25) is 4.79 Å². The molecule has 2 aliphatic rings. The van der Waals surface area contributed by atoms with Crippen LogP contribution in [0, 0.1) is 12.8 Å². The second-order valence-corrected chi connectivity index (χ2v) is 8.60. The second-order valence-electron chi connectivity index (χ2n) is 8.60. The lowest BCUT2D eigenvalue weighted by Gasteiger charge is -2.35. The number of aryl methyl sites for hydroxylation is 1. The number of fused-ring (bicyclic) bond motifs is 1. The summed E-state index contributed by atoms with van der Waals surface area (Å²) >= 11 is 0. The zero-order chi connectivity index (χ0) is 21.2. The predicted molar refractivity (Wildman–Crippen MR) is 124 cm³/mol. The van der Waals surface area contributed by atoms with Gasteiger partial charge < -0.3 is 15.1 Å². The molecule has 6 nitrogen and oxygen atoms in total. The van der Waals surface area contributed by atoms with E-state index in [2.05, 4.69) is 47.5 Å². The van der Waals surface area contributed by atoms with Gasteiger partial charge in [0.25, 0.3) is 0 Å². The van der Waals surface area contributed by atoms with Crippen LogP contribution in [-0.4, -0.2) is 60.0 Å². The zero-order valence-electron chi connectivity index (χ0n) is 18.1. The molecule has 0 aliphatic carbocycles. The lowest BCUT2D eigenvalue weighted by Crippen LogP contribution is -2.50. The molecule has 0 radical (unpaired) electrons. The van der Waals surface area contributed by atoms with Crippen LogP contribution in [0.5, 0.6) is 0 Å². The molecule has 3 heterocycles. The highest BCUT2D eigenvalue weighted by Crippen LogP contribution is 2.30. The number of rotatable bonds is 3. The van der Waals surface area contributed by atoms with Crippen LogP contribution in [-0.2, 0) is 4.79 Å². The van der Waals surface area contributed by atoms with Crippen LogP contribution in [0.1, 0.15) is 18.4 Å². The molecule has 6 heteroatoms. The Labute approximate surface area is 183 Å². The van der Waals surface area contributed by atoms with E-state index in [0.717, 1.165) is 80.2 Å². The zero-order valence-corrected chi connectivity index (χ0v) is 18.1. The number of carbonyl (C=O) groups is 1. The molecule has 1 N–H and O–H groups in total. The smallest absolute Gasteiger partial charge is 0.226 e. The van der Waals surface area contributed by atoms with Crippen LogP contribution in [0.3, 0.4) is 0 Å². The SMILES string of the molecule is Cc1ccc2nc(N3CCC(C(=O)N4CCNCC4)CC3)nc(-c3ccccc3)c2c1. The fraction of sp³-hybridized carbons (Fsp3) is 0.400. The molecule has 1 aromatic heterocycles. The number of piperazine rings is 1. The Kier molecular flexibility index (Phi) is 5.55. The summed E-state index contributed by atoms with van der Waals surface area (Å²) in [5.41, 5.74) is 4.25. The highest BCUT2D eigenvalue weighted by atomic mass is 16.2. The molecule has 0 unspecified atom stereocenters. The van der Waals surface area contributed by atoms with Crippen molar-refractivity contribution in [2.75, 3.05) is 44.2 Å². The summed E-state index contributed by atoms with van der Waals surface area (Å²) in [5.74, 6) is 1.20. The highest BCUT2D eigenvalue weighted by molar-refractivity contribution is 5.93. The van der Waals surface area contributed by atoms with E-state index in [1.165, 1.54) is 5.56 Å². The van der Waals surface area contributed by atoms with Gasteiger partial charge in [0.1, 0.15) is 0 Å². The van der Waals surface area contributed by atoms with E-state index in [-0.39, 0.29) is 5.92 Å². The fourth-order valence-electron chi connectivity index (χ4n) is 4.66. The lowest BCUT2D eigenvalue weighted by molar-refractivity contribution is -0.136. The van der Waals surface area contributed by atoms with Crippen LogP contribution in [0.4, 0.5) is 5.95 Å². The molecule has 0 bridgehead atoms. The summed E-state index contributed by atoms with van der Waals surface area (Å²) < 4.78 is 0. The van der Waals surface area contributed by atoms with Crippen LogP contribution >= 0.6 is 0 Å². The molecule has 31 heavy (non-hydrogen) atoms. The van der Waals surface area contributed by atoms with Crippen LogP contribution in [0.15, 0.2) is 48.5 Å². The van der Waals surface area contributed by atoms with E-state index in [1.807, 2.05) is 23.1 Å². The molecule has 160 valence electrons. The van der Waals surface area contributed by atoms with Gasteiger partial charge >= 0.3 is 0 Å². The third-order valence-electron chi connectivity index (χ3n) is 6.44. The summed E-state index contributed by atoms with van der Waals surface area (Å²) in [6.45, 7) is 7.18. The normalized spacial score (nSPS) is 17.8. The Morgan fingerprint density at radius 3 is 2.45 bits per heavy atom. The minimum Gasteiger partial charge on any atom is -0.341 e. The number of amides is 1. The Balaban J connectivity index is 1.40. The molecule has 3 aromatic rings. The third kappa shape index (κ3) is 4.12. The van der Waals surface area contributed by atoms with E-state index in [9.17, 15) is 4.79 Å². The number of benzene rings is 2. The molecule has 0 saturated carbocycles. The van der Waals surface area contributed by atoms with Crippen LogP contribution in [0.2, 0.25) is 0 Å². The number of aromatic nitrogens is 2. The number of carbonyl (C=O) groups excluding carboxylic acids is 1. The molecule has 1 amide bonds. The van der Waals surface area contributed by atoms with Crippen molar-refractivity contribution in [2.45, 2.75) is 19.8 Å². The van der Waals surface area contributed by atoms with Gasteiger partial charge in [0.05, 0.1) is 11.2 Å². The molecule has 2 saturated heterocycles. The quantitative estimate of drug-likeness (QED) is 0.712. The van der Waals surface area contributed by atoms with E-state index in [1.54, 1.807) is 0 Å². The first-order chi connectivity index (χ1) is 15.2. The Morgan fingerprint density at radius 2 is 1.71 bits per heavy atom. The Bertz CT molecular complexity index is 1070. The van der Waals surface area contributed by atoms with Gasteiger partial charge in [-0.25, -0.2) is 9.97 Å². The summed E-state index contributed by atoms with van der Waals surface area (Å²) in [6.07, 6.45) is 1.72. The van der Waals surface area contributed by atoms with Gasteiger partial charge in [-0.1, -0.05) is 42.0 Å². The molecule has 2 aromatic carbocycles. The van der Waals surface area contributed by atoms with Crippen molar-refractivity contribution in [3.8, 4) is 11.3 Å². The standard InChI is InChI=1S/C25H29N5O/c1-18-7-8-22-21(17-18)23(19-5-3-2-4-6-19)28-25(27-22)30-13-9-20(10-14-30)24(31)29-15-11-26-12-16-29/h2-8,17,20,26H,9-16H2,1H3. The molecule has 5 rings (SSSR count). The number of anilines is 1. The topological polar surface area (TPSA) is 61.4 Å². The number of piperidine rings is 1. The van der Waals surface area contributed by atoms with Crippen molar-refractivity contribution < 1.29 is 4.79 Å². The highest BCUT2D eigenvalue weighted by Gasteiger charge is 2.30. The molecule has 2 fully saturated rings. The van der Waals surface area contributed by atoms with Crippen molar-refractivity contribution in [3.05, 3.63) is 54.1 Å². The number of hydrogen-bond donors (Lipinski definition) is 1. The van der Waals surface area contributed by atoms with Gasteiger partial charge in [-0.15, -0.1) is 0 Å². The van der Waals surface area contributed by atoms with Gasteiger partial charge in [-0.05, 0) is 31.9 Å². The lowest BCUT2D eigenvalue weighted by atomic mass is 9.95. The second kappa shape index (κ2) is 8.63. The van der Waals surface area contributed by atoms with Crippen molar-refractivity contribution >= 4 is 22.8 Å². The Hall–Kier alpha value is -2.99. The maximum absolute atomic E-state index is 12.9. The van der Waals surface area contributed by atoms with Crippen molar-refractivity contribution in [3.63, 3.8) is 0 Å². The van der Waals surface area contributed by atoms with Crippen LogP contribution in [0.25, 0.3) is 22.2 Å².